The Balaban J connectivity index is 1.72. The van der Waals surface area contributed by atoms with Crippen molar-refractivity contribution in [3.05, 3.63) is 45.2 Å². The van der Waals surface area contributed by atoms with E-state index in [2.05, 4.69) is 28.1 Å². The Morgan fingerprint density at radius 3 is 2.68 bits per heavy atom. The van der Waals surface area contributed by atoms with Gasteiger partial charge in [0.2, 0.25) is 0 Å². The van der Waals surface area contributed by atoms with E-state index >= 15 is 0 Å². The van der Waals surface area contributed by atoms with E-state index in [0.717, 1.165) is 63.2 Å². The molecule has 1 aliphatic heterocycles. The van der Waals surface area contributed by atoms with Gasteiger partial charge in [-0.05, 0) is 48.9 Å². The van der Waals surface area contributed by atoms with Crippen LogP contribution in [0.15, 0.2) is 23.0 Å². The summed E-state index contributed by atoms with van der Waals surface area (Å²) < 4.78 is 5.41. The molecule has 1 fully saturated rings. The zero-order chi connectivity index (χ0) is 14.9. The van der Waals surface area contributed by atoms with Crippen LogP contribution < -0.4 is 5.56 Å². The molecular formula is C18H22N2O2. The number of nitrogens with zero attached hydrogens (tertiary/aromatic N) is 1. The Morgan fingerprint density at radius 1 is 1.09 bits per heavy atom. The fourth-order valence-electron chi connectivity index (χ4n) is 3.72. The summed E-state index contributed by atoms with van der Waals surface area (Å²) in [7, 11) is 0. The molecule has 1 saturated heterocycles. The average molecular weight is 298 g/mol. The van der Waals surface area contributed by atoms with Gasteiger partial charge in [-0.25, -0.2) is 0 Å². The van der Waals surface area contributed by atoms with Crippen molar-refractivity contribution in [2.45, 2.75) is 32.2 Å². The van der Waals surface area contributed by atoms with Gasteiger partial charge in [0, 0.05) is 36.1 Å². The van der Waals surface area contributed by atoms with E-state index in [-0.39, 0.29) is 5.56 Å². The molecule has 0 spiro atoms. The van der Waals surface area contributed by atoms with Crippen molar-refractivity contribution >= 4 is 10.9 Å². The molecule has 116 valence electrons. The molecule has 4 nitrogen and oxygen atoms in total. The zero-order valence-electron chi connectivity index (χ0n) is 12.9. The Bertz CT molecular complexity index is 745. The van der Waals surface area contributed by atoms with E-state index < -0.39 is 0 Å². The van der Waals surface area contributed by atoms with Crippen molar-refractivity contribution in [1.82, 2.24) is 9.88 Å². The first-order valence-electron chi connectivity index (χ1n) is 8.28. The molecule has 2 aliphatic rings. The highest BCUT2D eigenvalue weighted by Gasteiger charge is 2.17. The van der Waals surface area contributed by atoms with Crippen LogP contribution in [0.2, 0.25) is 0 Å². The molecule has 1 N–H and O–H groups in total. The summed E-state index contributed by atoms with van der Waals surface area (Å²) in [5.74, 6) is 0. The number of morpholine rings is 1. The molecule has 0 radical (unpaired) electrons. The quantitative estimate of drug-likeness (QED) is 0.925. The summed E-state index contributed by atoms with van der Waals surface area (Å²) in [5, 5.41) is 1.25. The molecule has 2 heterocycles. The summed E-state index contributed by atoms with van der Waals surface area (Å²) in [6.07, 6.45) is 4.29. The van der Waals surface area contributed by atoms with Gasteiger partial charge in [0.05, 0.1) is 13.2 Å². The number of hydrogen-bond acceptors (Lipinski definition) is 3. The molecule has 0 bridgehead atoms. The predicted molar refractivity (Wildman–Crippen MR) is 87.3 cm³/mol. The van der Waals surface area contributed by atoms with Crippen LogP contribution >= 0.6 is 0 Å². The summed E-state index contributed by atoms with van der Waals surface area (Å²) in [6, 6.07) is 6.50. The van der Waals surface area contributed by atoms with Gasteiger partial charge in [0.1, 0.15) is 0 Å². The Morgan fingerprint density at radius 2 is 1.86 bits per heavy atom. The van der Waals surface area contributed by atoms with Crippen molar-refractivity contribution in [3.8, 4) is 0 Å². The van der Waals surface area contributed by atoms with Crippen LogP contribution in [0.4, 0.5) is 0 Å². The van der Waals surface area contributed by atoms with E-state index in [4.69, 9.17) is 4.74 Å². The van der Waals surface area contributed by atoms with Gasteiger partial charge in [0.25, 0.3) is 5.56 Å². The second kappa shape index (κ2) is 5.86. The number of aromatic amines is 1. The first kappa shape index (κ1) is 14.0. The number of aryl methyl sites for hydroxylation is 1. The highest BCUT2D eigenvalue weighted by Crippen LogP contribution is 2.26. The molecule has 1 aliphatic carbocycles. The first-order chi connectivity index (χ1) is 10.8. The minimum absolute atomic E-state index is 0.114. The third-order valence-electron chi connectivity index (χ3n) is 4.91. The number of benzene rings is 1. The maximum atomic E-state index is 12.2. The molecule has 22 heavy (non-hydrogen) atoms. The number of ether oxygens (including phenoxy) is 1. The fraction of sp³-hybridized carbons (Fsp3) is 0.500. The molecule has 4 rings (SSSR count). The molecule has 0 amide bonds. The summed E-state index contributed by atoms with van der Waals surface area (Å²) in [5.41, 5.74) is 4.73. The highest BCUT2D eigenvalue weighted by atomic mass is 16.5. The lowest BCUT2D eigenvalue weighted by Gasteiger charge is -2.26. The number of rotatable bonds is 2. The number of nitrogens with one attached hydrogen (secondary N) is 1. The van der Waals surface area contributed by atoms with Crippen LogP contribution in [-0.2, 0) is 24.1 Å². The molecule has 2 aromatic rings. The Labute approximate surface area is 130 Å². The summed E-state index contributed by atoms with van der Waals surface area (Å²) in [6.45, 7) is 4.63. The van der Waals surface area contributed by atoms with Gasteiger partial charge in [-0.15, -0.1) is 0 Å². The SMILES string of the molecule is O=c1[nH]c2ccc(CN3CCOCC3)cc2c2c1CCCC2. The van der Waals surface area contributed by atoms with E-state index in [1.165, 1.54) is 22.9 Å². The molecule has 1 aromatic heterocycles. The monoisotopic (exact) mass is 298 g/mol. The van der Waals surface area contributed by atoms with Gasteiger partial charge in [0.15, 0.2) is 0 Å². The Kier molecular flexibility index (Phi) is 3.72. The molecule has 1 aromatic carbocycles. The second-order valence-electron chi connectivity index (χ2n) is 6.39. The third-order valence-corrected chi connectivity index (χ3v) is 4.91. The number of fused-ring (bicyclic) bond motifs is 3. The molecule has 0 unspecified atom stereocenters. The van der Waals surface area contributed by atoms with E-state index in [9.17, 15) is 4.79 Å². The first-order valence-corrected chi connectivity index (χ1v) is 8.28. The molecule has 0 saturated carbocycles. The maximum Gasteiger partial charge on any atom is 0.251 e. The van der Waals surface area contributed by atoms with Gasteiger partial charge < -0.3 is 9.72 Å². The van der Waals surface area contributed by atoms with Crippen LogP contribution in [0.1, 0.15) is 29.5 Å². The van der Waals surface area contributed by atoms with Crippen molar-refractivity contribution in [2.24, 2.45) is 0 Å². The lowest BCUT2D eigenvalue weighted by molar-refractivity contribution is 0.0342. The zero-order valence-corrected chi connectivity index (χ0v) is 12.9. The average Bonchev–Trinajstić information content (AvgIpc) is 2.57. The van der Waals surface area contributed by atoms with Crippen molar-refractivity contribution in [3.63, 3.8) is 0 Å². The lowest BCUT2D eigenvalue weighted by Crippen LogP contribution is -2.35. The largest absolute Gasteiger partial charge is 0.379 e. The number of pyridine rings is 1. The van der Waals surface area contributed by atoms with Crippen molar-refractivity contribution in [2.75, 3.05) is 26.3 Å². The van der Waals surface area contributed by atoms with Crippen LogP contribution in [0.5, 0.6) is 0 Å². The smallest absolute Gasteiger partial charge is 0.251 e. The molecule has 0 atom stereocenters. The number of hydrogen-bond donors (Lipinski definition) is 1. The van der Waals surface area contributed by atoms with Gasteiger partial charge >= 0.3 is 0 Å². The molecular weight excluding hydrogens is 276 g/mol. The number of aromatic nitrogens is 1. The van der Waals surface area contributed by atoms with Crippen LogP contribution in [-0.4, -0.2) is 36.2 Å². The van der Waals surface area contributed by atoms with E-state index in [0.29, 0.717) is 0 Å². The van der Waals surface area contributed by atoms with Crippen LogP contribution in [0.3, 0.4) is 0 Å². The van der Waals surface area contributed by atoms with Crippen LogP contribution in [0, 0.1) is 0 Å². The van der Waals surface area contributed by atoms with Crippen LogP contribution in [0.25, 0.3) is 10.9 Å². The minimum atomic E-state index is 0.114. The summed E-state index contributed by atoms with van der Waals surface area (Å²) >= 11 is 0. The third kappa shape index (κ3) is 2.57. The van der Waals surface area contributed by atoms with Gasteiger partial charge in [-0.1, -0.05) is 6.07 Å². The van der Waals surface area contributed by atoms with Crippen molar-refractivity contribution < 1.29 is 4.74 Å². The van der Waals surface area contributed by atoms with Gasteiger partial charge in [-0.2, -0.15) is 0 Å². The topological polar surface area (TPSA) is 45.3 Å². The van der Waals surface area contributed by atoms with E-state index in [1.54, 1.807) is 0 Å². The number of H-pyrrole nitrogens is 1. The highest BCUT2D eigenvalue weighted by molar-refractivity contribution is 5.84. The van der Waals surface area contributed by atoms with E-state index in [1.807, 2.05) is 0 Å². The maximum absolute atomic E-state index is 12.2. The standard InChI is InChI=1S/C18H22N2O2/c21-18-15-4-2-1-3-14(15)16-11-13(5-6-17(16)19-18)12-20-7-9-22-10-8-20/h5-6,11H,1-4,7-10,12H2,(H,19,21). The lowest BCUT2D eigenvalue weighted by atomic mass is 9.89. The summed E-state index contributed by atoms with van der Waals surface area (Å²) in [4.78, 5) is 17.7. The normalized spacial score (nSPS) is 19.3. The van der Waals surface area contributed by atoms with Crippen molar-refractivity contribution in [1.29, 1.82) is 0 Å². The molecule has 4 heteroatoms. The second-order valence-corrected chi connectivity index (χ2v) is 6.39. The Hall–Kier alpha value is -1.65. The minimum Gasteiger partial charge on any atom is -0.379 e. The predicted octanol–water partition coefficient (Wildman–Crippen LogP) is 2.24. The fourth-order valence-corrected chi connectivity index (χ4v) is 3.72. The van der Waals surface area contributed by atoms with Gasteiger partial charge in [-0.3, -0.25) is 9.69 Å².